The molecule has 0 fully saturated rings. The van der Waals surface area contributed by atoms with Crippen molar-refractivity contribution in [1.82, 2.24) is 0 Å². The first-order valence-electron chi connectivity index (χ1n) is 8.57. The van der Waals surface area contributed by atoms with Crippen molar-refractivity contribution in [3.63, 3.8) is 0 Å². The topological polar surface area (TPSA) is 84.5 Å². The van der Waals surface area contributed by atoms with Crippen molar-refractivity contribution in [3.05, 3.63) is 84.2 Å². The highest BCUT2D eigenvalue weighted by Crippen LogP contribution is 2.24. The summed E-state index contributed by atoms with van der Waals surface area (Å²) < 4.78 is 80.3. The number of nitrogens with one attached hydrogen (secondary N) is 2. The van der Waals surface area contributed by atoms with Crippen molar-refractivity contribution in [2.45, 2.75) is 11.3 Å². The van der Waals surface area contributed by atoms with E-state index in [1.165, 1.54) is 48.5 Å². The van der Waals surface area contributed by atoms with Crippen LogP contribution in [0.4, 0.5) is 28.9 Å². The second-order valence-corrected chi connectivity index (χ2v) is 7.85. The lowest BCUT2D eigenvalue weighted by atomic mass is 10.2. The van der Waals surface area contributed by atoms with E-state index < -0.39 is 33.9 Å². The normalized spacial score (nSPS) is 11.6. The fourth-order valence-electron chi connectivity index (χ4n) is 2.46. The third-order valence-corrected chi connectivity index (χ3v) is 5.27. The van der Waals surface area contributed by atoms with Crippen LogP contribution in [0.2, 0.25) is 0 Å². The lowest BCUT2D eigenvalue weighted by molar-refractivity contribution is -0.274. The molecular formula is C20H14F4N2O4S. The third-order valence-electron chi connectivity index (χ3n) is 3.87. The Morgan fingerprint density at radius 3 is 1.90 bits per heavy atom. The fourth-order valence-corrected chi connectivity index (χ4v) is 3.52. The summed E-state index contributed by atoms with van der Waals surface area (Å²) in [7, 11) is -3.96. The van der Waals surface area contributed by atoms with Gasteiger partial charge in [-0.1, -0.05) is 0 Å². The van der Waals surface area contributed by atoms with E-state index in [0.717, 1.165) is 24.3 Å². The number of amides is 1. The summed E-state index contributed by atoms with van der Waals surface area (Å²) in [6.45, 7) is 0. The molecule has 1 amide bonds. The number of rotatable bonds is 6. The van der Waals surface area contributed by atoms with Crippen molar-refractivity contribution >= 4 is 27.3 Å². The minimum atomic E-state index is -4.82. The largest absolute Gasteiger partial charge is 0.573 e. The van der Waals surface area contributed by atoms with Crippen molar-refractivity contribution in [2.75, 3.05) is 10.0 Å². The van der Waals surface area contributed by atoms with Crippen molar-refractivity contribution < 1.29 is 35.5 Å². The molecule has 3 aromatic carbocycles. The van der Waals surface area contributed by atoms with Gasteiger partial charge in [0.2, 0.25) is 0 Å². The molecule has 0 bridgehead atoms. The Labute approximate surface area is 174 Å². The monoisotopic (exact) mass is 454 g/mol. The highest BCUT2D eigenvalue weighted by Gasteiger charge is 2.31. The van der Waals surface area contributed by atoms with E-state index >= 15 is 0 Å². The van der Waals surface area contributed by atoms with Gasteiger partial charge in [0.25, 0.3) is 15.9 Å². The molecule has 0 radical (unpaired) electrons. The van der Waals surface area contributed by atoms with Crippen molar-refractivity contribution in [1.29, 1.82) is 0 Å². The van der Waals surface area contributed by atoms with Crippen LogP contribution in [0.5, 0.6) is 5.75 Å². The molecule has 0 heterocycles. The molecule has 2 N–H and O–H groups in total. The molecule has 31 heavy (non-hydrogen) atoms. The Morgan fingerprint density at radius 2 is 1.35 bits per heavy atom. The second-order valence-electron chi connectivity index (χ2n) is 6.16. The number of halogens is 4. The number of sulfonamides is 1. The maximum Gasteiger partial charge on any atom is 0.573 e. The predicted molar refractivity (Wildman–Crippen MR) is 105 cm³/mol. The zero-order valence-electron chi connectivity index (χ0n) is 15.5. The van der Waals surface area contributed by atoms with E-state index in [0.29, 0.717) is 0 Å². The molecule has 0 saturated carbocycles. The van der Waals surface area contributed by atoms with Crippen LogP contribution in [0.15, 0.2) is 77.7 Å². The zero-order chi connectivity index (χ0) is 22.6. The van der Waals surface area contributed by atoms with E-state index in [1.807, 2.05) is 0 Å². The molecule has 0 aliphatic rings. The number of benzene rings is 3. The molecule has 162 valence electrons. The summed E-state index contributed by atoms with van der Waals surface area (Å²) in [5.74, 6) is -1.55. The predicted octanol–water partition coefficient (Wildman–Crippen LogP) is 4.78. The van der Waals surface area contributed by atoms with Crippen LogP contribution in [-0.4, -0.2) is 20.7 Å². The lowest BCUT2D eigenvalue weighted by Crippen LogP contribution is -2.17. The molecule has 3 rings (SSSR count). The molecule has 0 spiro atoms. The highest BCUT2D eigenvalue weighted by molar-refractivity contribution is 7.92. The Bertz CT molecular complexity index is 1160. The highest BCUT2D eigenvalue weighted by atomic mass is 32.2. The summed E-state index contributed by atoms with van der Waals surface area (Å²) in [4.78, 5) is 12.2. The van der Waals surface area contributed by atoms with E-state index in [1.54, 1.807) is 0 Å². The van der Waals surface area contributed by atoms with Gasteiger partial charge in [-0.15, -0.1) is 13.2 Å². The first kappa shape index (κ1) is 22.1. The van der Waals surface area contributed by atoms with Crippen LogP contribution >= 0.6 is 0 Å². The van der Waals surface area contributed by atoms with Crippen LogP contribution < -0.4 is 14.8 Å². The molecule has 0 unspecified atom stereocenters. The SMILES string of the molecule is O=C(Nc1ccc(OC(F)(F)F)cc1)c1ccc(S(=O)(=O)Nc2ccc(F)cc2)cc1. The van der Waals surface area contributed by atoms with Gasteiger partial charge < -0.3 is 10.1 Å². The van der Waals surface area contributed by atoms with Gasteiger partial charge >= 0.3 is 6.36 Å². The van der Waals surface area contributed by atoms with Gasteiger partial charge in [-0.05, 0) is 72.8 Å². The van der Waals surface area contributed by atoms with Crippen molar-refractivity contribution in [2.24, 2.45) is 0 Å². The van der Waals surface area contributed by atoms with Crippen LogP contribution in [0.25, 0.3) is 0 Å². The lowest BCUT2D eigenvalue weighted by Gasteiger charge is -2.10. The Balaban J connectivity index is 1.66. The van der Waals surface area contributed by atoms with Gasteiger partial charge in [0, 0.05) is 16.9 Å². The van der Waals surface area contributed by atoms with Gasteiger partial charge in [-0.25, -0.2) is 12.8 Å². The quantitative estimate of drug-likeness (QED) is 0.525. The molecule has 0 aliphatic heterocycles. The standard InChI is InChI=1S/C20H14F4N2O4S/c21-14-3-5-16(6-4-14)26-31(28,29)18-11-1-13(2-12-18)19(27)25-15-7-9-17(10-8-15)30-20(22,23)24/h1-12,26H,(H,25,27). The van der Waals surface area contributed by atoms with Crippen molar-refractivity contribution in [3.8, 4) is 5.75 Å². The van der Waals surface area contributed by atoms with E-state index in [2.05, 4.69) is 14.8 Å². The van der Waals surface area contributed by atoms with E-state index in [9.17, 15) is 30.8 Å². The maximum atomic E-state index is 12.9. The van der Waals surface area contributed by atoms with Gasteiger partial charge in [0.15, 0.2) is 0 Å². The van der Waals surface area contributed by atoms with Gasteiger partial charge in [-0.3, -0.25) is 9.52 Å². The maximum absolute atomic E-state index is 12.9. The molecule has 6 nitrogen and oxygen atoms in total. The molecule has 0 aromatic heterocycles. The molecule has 0 atom stereocenters. The number of alkyl halides is 3. The number of carbonyl (C=O) groups is 1. The van der Waals surface area contributed by atoms with E-state index in [-0.39, 0.29) is 21.8 Å². The molecular weight excluding hydrogens is 440 g/mol. The first-order chi connectivity index (χ1) is 14.5. The number of hydrogen-bond acceptors (Lipinski definition) is 4. The number of ether oxygens (including phenoxy) is 1. The Kier molecular flexibility index (Phi) is 6.16. The average Bonchev–Trinajstić information content (AvgIpc) is 2.70. The number of anilines is 2. The first-order valence-corrected chi connectivity index (χ1v) is 10.1. The van der Waals surface area contributed by atoms with Gasteiger partial charge in [-0.2, -0.15) is 0 Å². The summed E-state index contributed by atoms with van der Waals surface area (Å²) in [5, 5.41) is 2.48. The van der Waals surface area contributed by atoms with Crippen LogP contribution in [0, 0.1) is 5.82 Å². The molecule has 11 heteroatoms. The van der Waals surface area contributed by atoms with Crippen LogP contribution in [0.3, 0.4) is 0 Å². The second kappa shape index (κ2) is 8.64. The van der Waals surface area contributed by atoms with Crippen LogP contribution in [0.1, 0.15) is 10.4 Å². The molecule has 0 saturated heterocycles. The zero-order valence-corrected chi connectivity index (χ0v) is 16.3. The van der Waals surface area contributed by atoms with Gasteiger partial charge in [0.1, 0.15) is 11.6 Å². The minimum absolute atomic E-state index is 0.122. The summed E-state index contributed by atoms with van der Waals surface area (Å²) in [6.07, 6.45) is -4.82. The minimum Gasteiger partial charge on any atom is -0.406 e. The third kappa shape index (κ3) is 6.19. The molecule has 0 aliphatic carbocycles. The molecule has 3 aromatic rings. The van der Waals surface area contributed by atoms with Gasteiger partial charge in [0.05, 0.1) is 4.90 Å². The number of carbonyl (C=O) groups excluding carboxylic acids is 1. The average molecular weight is 454 g/mol. The summed E-state index contributed by atoms with van der Waals surface area (Å²) in [6, 6.07) is 14.2. The smallest absolute Gasteiger partial charge is 0.406 e. The van der Waals surface area contributed by atoms with E-state index in [4.69, 9.17) is 0 Å². The number of hydrogen-bond donors (Lipinski definition) is 2. The Hall–Kier alpha value is -3.60. The van der Waals surface area contributed by atoms with Crippen LogP contribution in [-0.2, 0) is 10.0 Å². The summed E-state index contributed by atoms with van der Waals surface area (Å²) in [5.41, 5.74) is 0.506. The Morgan fingerprint density at radius 1 is 0.806 bits per heavy atom. The fraction of sp³-hybridized carbons (Fsp3) is 0.0500. The summed E-state index contributed by atoms with van der Waals surface area (Å²) >= 11 is 0.